The Kier molecular flexibility index (Phi) is 3.67. The van der Waals surface area contributed by atoms with Gasteiger partial charge in [0.2, 0.25) is 0 Å². The van der Waals surface area contributed by atoms with Crippen LogP contribution in [-0.4, -0.2) is 9.97 Å². The minimum absolute atomic E-state index is 0.0243. The number of fused-ring (bicyclic) bond motifs is 1. The molecule has 0 aliphatic heterocycles. The number of hydrogen-bond acceptors (Lipinski definition) is 4. The van der Waals surface area contributed by atoms with Gasteiger partial charge in [-0.3, -0.25) is 11.3 Å². The van der Waals surface area contributed by atoms with Crippen LogP contribution < -0.4 is 11.3 Å². The minimum Gasteiger partial charge on any atom is -0.271 e. The zero-order chi connectivity index (χ0) is 13.8. The lowest BCUT2D eigenvalue weighted by atomic mass is 9.97. The van der Waals surface area contributed by atoms with Gasteiger partial charge in [-0.05, 0) is 28.8 Å². The van der Waals surface area contributed by atoms with Gasteiger partial charge in [-0.2, -0.15) is 0 Å². The van der Waals surface area contributed by atoms with Crippen molar-refractivity contribution in [1.82, 2.24) is 15.4 Å². The van der Waals surface area contributed by atoms with E-state index in [9.17, 15) is 0 Å². The van der Waals surface area contributed by atoms with Crippen LogP contribution in [0.4, 0.5) is 0 Å². The predicted molar refractivity (Wildman–Crippen MR) is 79.7 cm³/mol. The molecule has 100 valence electrons. The molecule has 2 aromatic carbocycles. The summed E-state index contributed by atoms with van der Waals surface area (Å²) in [5, 5.41) is 2.49. The highest BCUT2D eigenvalue weighted by Crippen LogP contribution is 2.23. The SMILES string of the molecule is NNC(Cc1cccc2ccccc12)c1ccncn1. The largest absolute Gasteiger partial charge is 0.271 e. The van der Waals surface area contributed by atoms with E-state index in [4.69, 9.17) is 5.84 Å². The van der Waals surface area contributed by atoms with E-state index in [2.05, 4.69) is 57.9 Å². The first-order chi connectivity index (χ1) is 9.88. The molecule has 3 rings (SSSR count). The number of hydrogen-bond donors (Lipinski definition) is 2. The highest BCUT2D eigenvalue weighted by atomic mass is 15.2. The fourth-order valence-corrected chi connectivity index (χ4v) is 2.45. The normalized spacial score (nSPS) is 12.4. The highest BCUT2D eigenvalue weighted by Gasteiger charge is 2.13. The molecule has 0 aliphatic carbocycles. The Morgan fingerprint density at radius 2 is 1.90 bits per heavy atom. The van der Waals surface area contributed by atoms with Crippen LogP contribution in [-0.2, 0) is 6.42 Å². The van der Waals surface area contributed by atoms with E-state index in [-0.39, 0.29) is 6.04 Å². The molecule has 0 amide bonds. The van der Waals surface area contributed by atoms with Crippen molar-refractivity contribution in [3.63, 3.8) is 0 Å². The maximum atomic E-state index is 5.69. The smallest absolute Gasteiger partial charge is 0.115 e. The quantitative estimate of drug-likeness (QED) is 0.561. The summed E-state index contributed by atoms with van der Waals surface area (Å²) >= 11 is 0. The van der Waals surface area contributed by atoms with Gasteiger partial charge >= 0.3 is 0 Å². The molecule has 1 atom stereocenters. The molecule has 3 N–H and O–H groups in total. The Bertz CT molecular complexity index is 692. The molecule has 1 unspecified atom stereocenters. The fourth-order valence-electron chi connectivity index (χ4n) is 2.45. The molecule has 4 nitrogen and oxygen atoms in total. The Balaban J connectivity index is 1.96. The van der Waals surface area contributed by atoms with E-state index in [1.165, 1.54) is 16.3 Å². The van der Waals surface area contributed by atoms with Crippen LogP contribution in [0.5, 0.6) is 0 Å². The number of rotatable bonds is 4. The van der Waals surface area contributed by atoms with Crippen LogP contribution in [0.3, 0.4) is 0 Å². The number of hydrazine groups is 1. The summed E-state index contributed by atoms with van der Waals surface area (Å²) in [6.45, 7) is 0. The monoisotopic (exact) mass is 264 g/mol. The minimum atomic E-state index is -0.0243. The topological polar surface area (TPSA) is 63.8 Å². The lowest BCUT2D eigenvalue weighted by Crippen LogP contribution is -2.30. The predicted octanol–water partition coefficient (Wildman–Crippen LogP) is 2.38. The summed E-state index contributed by atoms with van der Waals surface area (Å²) in [5.74, 6) is 5.69. The molecular weight excluding hydrogens is 248 g/mol. The second-order valence-corrected chi connectivity index (χ2v) is 4.70. The third-order valence-electron chi connectivity index (χ3n) is 3.47. The molecule has 0 saturated carbocycles. The van der Waals surface area contributed by atoms with Crippen LogP contribution in [0.1, 0.15) is 17.3 Å². The average molecular weight is 264 g/mol. The van der Waals surface area contributed by atoms with Gasteiger partial charge in [0.15, 0.2) is 0 Å². The van der Waals surface area contributed by atoms with Crippen molar-refractivity contribution in [3.8, 4) is 0 Å². The van der Waals surface area contributed by atoms with Gasteiger partial charge in [0, 0.05) is 6.20 Å². The number of nitrogens with zero attached hydrogens (tertiary/aromatic N) is 2. The second kappa shape index (κ2) is 5.77. The number of nitrogens with two attached hydrogens (primary N) is 1. The number of benzene rings is 2. The van der Waals surface area contributed by atoms with E-state index < -0.39 is 0 Å². The van der Waals surface area contributed by atoms with Gasteiger partial charge in [0.25, 0.3) is 0 Å². The first-order valence-electron chi connectivity index (χ1n) is 6.57. The first kappa shape index (κ1) is 12.7. The fraction of sp³-hybridized carbons (Fsp3) is 0.125. The zero-order valence-electron chi connectivity index (χ0n) is 11.0. The van der Waals surface area contributed by atoms with Crippen molar-refractivity contribution >= 4 is 10.8 Å². The maximum absolute atomic E-state index is 5.69. The maximum Gasteiger partial charge on any atom is 0.115 e. The van der Waals surface area contributed by atoms with Crippen LogP contribution in [0, 0.1) is 0 Å². The third-order valence-corrected chi connectivity index (χ3v) is 3.47. The van der Waals surface area contributed by atoms with Gasteiger partial charge in [0.1, 0.15) is 6.33 Å². The number of nitrogens with one attached hydrogen (secondary N) is 1. The standard InChI is InChI=1S/C16H16N4/c17-20-16(15-8-9-18-11-19-15)10-13-6-3-5-12-4-1-2-7-14(12)13/h1-9,11,16,20H,10,17H2. The molecule has 0 fully saturated rings. The van der Waals surface area contributed by atoms with Crippen LogP contribution in [0.15, 0.2) is 61.1 Å². The van der Waals surface area contributed by atoms with Crippen molar-refractivity contribution in [2.24, 2.45) is 5.84 Å². The van der Waals surface area contributed by atoms with Gasteiger partial charge < -0.3 is 0 Å². The Morgan fingerprint density at radius 1 is 1.05 bits per heavy atom. The summed E-state index contributed by atoms with van der Waals surface area (Å²) in [7, 11) is 0. The summed E-state index contributed by atoms with van der Waals surface area (Å²) < 4.78 is 0. The van der Waals surface area contributed by atoms with Gasteiger partial charge in [-0.25, -0.2) is 9.97 Å². The molecule has 0 radical (unpaired) electrons. The van der Waals surface area contributed by atoms with Gasteiger partial charge in [0.05, 0.1) is 11.7 Å². The molecule has 0 spiro atoms. The van der Waals surface area contributed by atoms with Crippen molar-refractivity contribution < 1.29 is 0 Å². The third kappa shape index (κ3) is 2.52. The summed E-state index contributed by atoms with van der Waals surface area (Å²) in [6, 6.07) is 16.6. The van der Waals surface area contributed by atoms with Crippen LogP contribution >= 0.6 is 0 Å². The zero-order valence-corrected chi connectivity index (χ0v) is 11.0. The van der Waals surface area contributed by atoms with Crippen LogP contribution in [0.25, 0.3) is 10.8 Å². The Hall–Kier alpha value is -2.30. The molecule has 0 bridgehead atoms. The van der Waals surface area contributed by atoms with E-state index in [0.717, 1.165) is 12.1 Å². The lowest BCUT2D eigenvalue weighted by molar-refractivity contribution is 0.538. The van der Waals surface area contributed by atoms with Crippen LogP contribution in [0.2, 0.25) is 0 Å². The molecule has 3 aromatic rings. The molecule has 4 heteroatoms. The van der Waals surface area contributed by atoms with Gasteiger partial charge in [-0.15, -0.1) is 0 Å². The van der Waals surface area contributed by atoms with E-state index in [1.807, 2.05) is 6.07 Å². The van der Waals surface area contributed by atoms with Gasteiger partial charge in [-0.1, -0.05) is 42.5 Å². The average Bonchev–Trinajstić information content (AvgIpc) is 2.53. The molecular formula is C16H16N4. The van der Waals surface area contributed by atoms with Crippen molar-refractivity contribution in [2.45, 2.75) is 12.5 Å². The van der Waals surface area contributed by atoms with Crippen molar-refractivity contribution in [2.75, 3.05) is 0 Å². The number of aromatic nitrogens is 2. The van der Waals surface area contributed by atoms with E-state index in [0.29, 0.717) is 0 Å². The summed E-state index contributed by atoms with van der Waals surface area (Å²) in [5.41, 5.74) is 4.99. The Morgan fingerprint density at radius 3 is 2.70 bits per heavy atom. The highest BCUT2D eigenvalue weighted by molar-refractivity contribution is 5.85. The summed E-state index contributed by atoms with van der Waals surface area (Å²) in [6.07, 6.45) is 4.06. The molecule has 0 saturated heterocycles. The summed E-state index contributed by atoms with van der Waals surface area (Å²) in [4.78, 5) is 8.21. The molecule has 20 heavy (non-hydrogen) atoms. The van der Waals surface area contributed by atoms with E-state index in [1.54, 1.807) is 12.5 Å². The lowest BCUT2D eigenvalue weighted by Gasteiger charge is -2.16. The van der Waals surface area contributed by atoms with Crippen molar-refractivity contribution in [3.05, 3.63) is 72.3 Å². The second-order valence-electron chi connectivity index (χ2n) is 4.70. The van der Waals surface area contributed by atoms with Crippen molar-refractivity contribution in [1.29, 1.82) is 0 Å². The van der Waals surface area contributed by atoms with E-state index >= 15 is 0 Å². The molecule has 0 aliphatic rings. The molecule has 1 heterocycles. The molecule has 1 aromatic heterocycles. The Labute approximate surface area is 117 Å². The first-order valence-corrected chi connectivity index (χ1v) is 6.57.